The molecule has 0 unspecified atom stereocenters. The molecule has 0 aliphatic carbocycles. The number of thioether (sulfide) groups is 1. The highest BCUT2D eigenvalue weighted by Gasteiger charge is 2.22. The predicted octanol–water partition coefficient (Wildman–Crippen LogP) is 4.82. The van der Waals surface area contributed by atoms with E-state index in [0.717, 1.165) is 30.0 Å². The van der Waals surface area contributed by atoms with E-state index < -0.39 is 34.0 Å². The van der Waals surface area contributed by atoms with Crippen LogP contribution in [0.15, 0.2) is 78.0 Å². The van der Waals surface area contributed by atoms with Crippen LogP contribution in [-0.4, -0.2) is 31.4 Å². The minimum Gasteiger partial charge on any atom is -0.418 e. The van der Waals surface area contributed by atoms with Crippen LogP contribution >= 0.6 is 11.8 Å². The largest absolute Gasteiger partial charge is 0.418 e. The zero-order chi connectivity index (χ0) is 23.4. The number of rotatable bonds is 7. The van der Waals surface area contributed by atoms with Gasteiger partial charge in [0.2, 0.25) is 5.75 Å². The number of benzene rings is 3. The van der Waals surface area contributed by atoms with Gasteiger partial charge in [-0.15, -0.1) is 10.2 Å². The Labute approximate surface area is 190 Å². The first-order chi connectivity index (χ1) is 15.9. The Hall–Kier alpha value is -4.12. The highest BCUT2D eigenvalue weighted by molar-refractivity contribution is 7.99. The molecule has 1 heterocycles. The smallest absolute Gasteiger partial charge is 0.322 e. The SMILES string of the molecule is O=C(CSc1nnc(-c2ccccc2F)n1-c1ccccc1)Oc1cc(F)ccc1[N+](=O)[O-]. The topological polar surface area (TPSA) is 100 Å². The molecule has 8 nitrogen and oxygen atoms in total. The average molecular weight is 468 g/mol. The number of carbonyl (C=O) groups is 1. The number of ether oxygens (including phenoxy) is 1. The van der Waals surface area contributed by atoms with Crippen LogP contribution in [0.1, 0.15) is 0 Å². The molecule has 3 aromatic carbocycles. The maximum atomic E-state index is 14.4. The van der Waals surface area contributed by atoms with Crippen molar-refractivity contribution in [3.63, 3.8) is 0 Å². The molecule has 0 bridgehead atoms. The van der Waals surface area contributed by atoms with E-state index in [1.54, 1.807) is 47.0 Å². The standard InChI is InChI=1S/C22H14F2N4O4S/c23-14-10-11-18(28(30)31)19(12-14)32-20(29)13-33-22-26-25-21(16-8-4-5-9-17(16)24)27(22)15-6-2-1-3-7-15/h1-12H,13H2. The highest BCUT2D eigenvalue weighted by Crippen LogP contribution is 2.31. The summed E-state index contributed by atoms with van der Waals surface area (Å²) >= 11 is 0.938. The third-order valence-electron chi connectivity index (χ3n) is 4.42. The van der Waals surface area contributed by atoms with E-state index in [0.29, 0.717) is 5.69 Å². The lowest BCUT2D eigenvalue weighted by molar-refractivity contribution is -0.385. The molecule has 11 heteroatoms. The zero-order valence-electron chi connectivity index (χ0n) is 16.7. The first kappa shape index (κ1) is 22.1. The van der Waals surface area contributed by atoms with Crippen LogP contribution in [0.3, 0.4) is 0 Å². The number of halogens is 2. The normalized spacial score (nSPS) is 10.7. The van der Waals surface area contributed by atoms with Gasteiger partial charge in [0.1, 0.15) is 11.6 Å². The molecule has 0 saturated heterocycles. The van der Waals surface area contributed by atoms with E-state index in [-0.39, 0.29) is 22.3 Å². The number of hydrogen-bond acceptors (Lipinski definition) is 7. The molecule has 0 N–H and O–H groups in total. The van der Waals surface area contributed by atoms with Crippen molar-refractivity contribution in [3.8, 4) is 22.8 Å². The number of esters is 1. The fraction of sp³-hybridized carbons (Fsp3) is 0.0455. The van der Waals surface area contributed by atoms with Gasteiger partial charge < -0.3 is 4.74 Å². The molecular formula is C22H14F2N4O4S. The lowest BCUT2D eigenvalue weighted by atomic mass is 10.2. The minimum atomic E-state index is -0.858. The van der Waals surface area contributed by atoms with Crippen LogP contribution in [0.25, 0.3) is 17.1 Å². The van der Waals surface area contributed by atoms with Gasteiger partial charge in [0.05, 0.1) is 16.2 Å². The van der Waals surface area contributed by atoms with Gasteiger partial charge in [-0.25, -0.2) is 8.78 Å². The molecule has 0 aliphatic rings. The summed E-state index contributed by atoms with van der Waals surface area (Å²) in [6.07, 6.45) is 0. The predicted molar refractivity (Wildman–Crippen MR) is 116 cm³/mol. The van der Waals surface area contributed by atoms with Gasteiger partial charge in [-0.1, -0.05) is 42.1 Å². The fourth-order valence-electron chi connectivity index (χ4n) is 2.99. The molecule has 0 fully saturated rings. The maximum absolute atomic E-state index is 14.4. The van der Waals surface area contributed by atoms with Crippen LogP contribution < -0.4 is 4.74 Å². The second kappa shape index (κ2) is 9.57. The Bertz CT molecular complexity index is 1330. The quantitative estimate of drug-likeness (QED) is 0.126. The molecule has 0 spiro atoms. The van der Waals surface area contributed by atoms with Crippen molar-refractivity contribution >= 4 is 23.4 Å². The highest BCUT2D eigenvalue weighted by atomic mass is 32.2. The van der Waals surface area contributed by atoms with Gasteiger partial charge in [-0.2, -0.15) is 0 Å². The third-order valence-corrected chi connectivity index (χ3v) is 5.33. The van der Waals surface area contributed by atoms with E-state index in [9.17, 15) is 23.7 Å². The van der Waals surface area contributed by atoms with Crippen molar-refractivity contribution in [1.29, 1.82) is 0 Å². The average Bonchev–Trinajstić information content (AvgIpc) is 3.22. The molecule has 0 amide bonds. The lowest BCUT2D eigenvalue weighted by Crippen LogP contribution is -2.13. The first-order valence-corrected chi connectivity index (χ1v) is 10.5. The Balaban J connectivity index is 1.61. The molecule has 0 atom stereocenters. The summed E-state index contributed by atoms with van der Waals surface area (Å²) in [4.78, 5) is 22.7. The monoisotopic (exact) mass is 468 g/mol. The summed E-state index contributed by atoms with van der Waals surface area (Å²) in [6.45, 7) is 0. The first-order valence-electron chi connectivity index (χ1n) is 9.47. The van der Waals surface area contributed by atoms with Crippen LogP contribution in [-0.2, 0) is 4.79 Å². The Morgan fingerprint density at radius 1 is 1.03 bits per heavy atom. The second-order valence-corrected chi connectivity index (χ2v) is 7.53. The second-order valence-electron chi connectivity index (χ2n) is 6.59. The van der Waals surface area contributed by atoms with Crippen molar-refractivity contribution in [2.24, 2.45) is 0 Å². The number of aromatic nitrogens is 3. The fourth-order valence-corrected chi connectivity index (χ4v) is 3.71. The summed E-state index contributed by atoms with van der Waals surface area (Å²) in [6, 6.07) is 17.6. The van der Waals surface area contributed by atoms with Crippen LogP contribution in [0, 0.1) is 21.7 Å². The van der Waals surface area contributed by atoms with E-state index in [1.807, 2.05) is 6.07 Å². The van der Waals surface area contributed by atoms with E-state index in [1.165, 1.54) is 6.07 Å². The molecule has 1 aromatic heterocycles. The molecule has 0 saturated carbocycles. The molecule has 0 aliphatic heterocycles. The zero-order valence-corrected chi connectivity index (χ0v) is 17.5. The van der Waals surface area contributed by atoms with E-state index in [4.69, 9.17) is 4.74 Å². The van der Waals surface area contributed by atoms with Gasteiger partial charge >= 0.3 is 11.7 Å². The van der Waals surface area contributed by atoms with Gasteiger partial charge in [0.15, 0.2) is 11.0 Å². The van der Waals surface area contributed by atoms with Crippen molar-refractivity contribution < 1.29 is 23.2 Å². The summed E-state index contributed by atoms with van der Waals surface area (Å²) in [5, 5.41) is 19.5. The number of carbonyl (C=O) groups excluding carboxylic acids is 1. The van der Waals surface area contributed by atoms with Crippen molar-refractivity contribution in [2.75, 3.05) is 5.75 Å². The Morgan fingerprint density at radius 3 is 2.48 bits per heavy atom. The van der Waals surface area contributed by atoms with Gasteiger partial charge in [0, 0.05) is 17.8 Å². The minimum absolute atomic E-state index is 0.221. The molecular weight excluding hydrogens is 454 g/mol. The number of para-hydroxylation sites is 1. The number of nitro groups is 1. The lowest BCUT2D eigenvalue weighted by Gasteiger charge is -2.10. The van der Waals surface area contributed by atoms with Crippen LogP contribution in [0.5, 0.6) is 5.75 Å². The van der Waals surface area contributed by atoms with Crippen molar-refractivity contribution in [2.45, 2.75) is 5.16 Å². The van der Waals surface area contributed by atoms with Crippen molar-refractivity contribution in [3.05, 3.63) is 94.5 Å². The van der Waals surface area contributed by atoms with Crippen LogP contribution in [0.2, 0.25) is 0 Å². The van der Waals surface area contributed by atoms with Gasteiger partial charge in [-0.3, -0.25) is 19.5 Å². The van der Waals surface area contributed by atoms with Gasteiger partial charge in [-0.05, 0) is 30.3 Å². The van der Waals surface area contributed by atoms with Crippen LogP contribution in [0.4, 0.5) is 14.5 Å². The number of hydrogen-bond donors (Lipinski definition) is 0. The Kier molecular flexibility index (Phi) is 6.41. The van der Waals surface area contributed by atoms with E-state index >= 15 is 0 Å². The third kappa shape index (κ3) is 4.88. The van der Waals surface area contributed by atoms with E-state index in [2.05, 4.69) is 10.2 Å². The molecule has 4 rings (SSSR count). The maximum Gasteiger partial charge on any atom is 0.322 e. The summed E-state index contributed by atoms with van der Waals surface area (Å²) < 4.78 is 34.5. The Morgan fingerprint density at radius 2 is 1.76 bits per heavy atom. The molecule has 166 valence electrons. The summed E-state index contributed by atoms with van der Waals surface area (Å²) in [5.41, 5.74) is 0.320. The van der Waals surface area contributed by atoms with Gasteiger partial charge in [0.25, 0.3) is 0 Å². The molecule has 4 aromatic rings. The molecule has 0 radical (unpaired) electrons. The summed E-state index contributed by atoms with van der Waals surface area (Å²) in [5.74, 6) is -2.71. The molecule has 33 heavy (non-hydrogen) atoms. The number of nitro benzene ring substituents is 1. The van der Waals surface area contributed by atoms with Crippen molar-refractivity contribution in [1.82, 2.24) is 14.8 Å². The number of nitrogens with zero attached hydrogens (tertiary/aromatic N) is 4. The summed E-state index contributed by atoms with van der Waals surface area (Å²) in [7, 11) is 0.